The van der Waals surface area contributed by atoms with Gasteiger partial charge in [0.2, 0.25) is 0 Å². The Kier molecular flexibility index (Phi) is 4.66. The zero-order chi connectivity index (χ0) is 11.4. The highest BCUT2D eigenvalue weighted by Crippen LogP contribution is 2.29. The minimum absolute atomic E-state index is 0.833. The molecule has 2 nitrogen and oxygen atoms in total. The lowest BCUT2D eigenvalue weighted by atomic mass is 9.84. The van der Waals surface area contributed by atoms with E-state index in [0.29, 0.717) is 0 Å². The Hall–Kier alpha value is -0.0800. The molecule has 16 heavy (non-hydrogen) atoms. The van der Waals surface area contributed by atoms with Crippen molar-refractivity contribution in [2.45, 2.75) is 52.0 Å². The zero-order valence-electron chi connectivity index (χ0n) is 11.1. The molecule has 2 rings (SSSR count). The summed E-state index contributed by atoms with van der Waals surface area (Å²) in [4.78, 5) is 5.31. The molecule has 2 heteroatoms. The summed E-state index contributed by atoms with van der Waals surface area (Å²) in [6.45, 7) is 11.1. The number of hydrogen-bond donors (Lipinski definition) is 0. The van der Waals surface area contributed by atoms with Crippen molar-refractivity contribution < 1.29 is 0 Å². The third-order valence-electron chi connectivity index (χ3n) is 4.76. The largest absolute Gasteiger partial charge is 0.301 e. The first-order chi connectivity index (χ1) is 7.81. The van der Waals surface area contributed by atoms with Crippen LogP contribution in [0.15, 0.2) is 0 Å². The Labute approximate surface area is 101 Å². The second-order valence-corrected chi connectivity index (χ2v) is 5.61. The van der Waals surface area contributed by atoms with E-state index in [1.165, 1.54) is 64.8 Å². The van der Waals surface area contributed by atoms with Crippen LogP contribution in [0.2, 0.25) is 0 Å². The van der Waals surface area contributed by atoms with E-state index in [1.54, 1.807) is 0 Å². The summed E-state index contributed by atoms with van der Waals surface area (Å²) in [5, 5.41) is 0. The lowest BCUT2D eigenvalue weighted by Gasteiger charge is -2.41. The van der Waals surface area contributed by atoms with Crippen LogP contribution in [0.4, 0.5) is 0 Å². The summed E-state index contributed by atoms with van der Waals surface area (Å²) < 4.78 is 0. The van der Waals surface area contributed by atoms with Crippen LogP contribution in [-0.4, -0.2) is 48.6 Å². The smallest absolute Gasteiger partial charge is 0.0113 e. The molecule has 1 saturated heterocycles. The first-order valence-corrected chi connectivity index (χ1v) is 7.27. The van der Waals surface area contributed by atoms with E-state index in [-0.39, 0.29) is 0 Å². The predicted octanol–water partition coefficient (Wildman–Crippen LogP) is 2.59. The van der Waals surface area contributed by atoms with E-state index in [1.807, 2.05) is 0 Å². The molecule has 0 bridgehead atoms. The predicted molar refractivity (Wildman–Crippen MR) is 69.7 cm³/mol. The van der Waals surface area contributed by atoms with Crippen molar-refractivity contribution in [1.29, 1.82) is 0 Å². The zero-order valence-corrected chi connectivity index (χ0v) is 11.1. The fourth-order valence-corrected chi connectivity index (χ4v) is 3.40. The first-order valence-electron chi connectivity index (χ1n) is 7.27. The van der Waals surface area contributed by atoms with E-state index in [2.05, 4.69) is 23.6 Å². The van der Waals surface area contributed by atoms with Crippen molar-refractivity contribution in [3.05, 3.63) is 0 Å². The molecule has 1 aliphatic heterocycles. The maximum absolute atomic E-state index is 2.74. The molecule has 0 aromatic carbocycles. The molecule has 94 valence electrons. The minimum atomic E-state index is 0.833. The van der Waals surface area contributed by atoms with Gasteiger partial charge in [-0.05, 0) is 32.2 Å². The Bertz CT molecular complexity index is 191. The number of likely N-dealkylation sites (N-methyl/N-ethyl adjacent to an activating group) is 1. The van der Waals surface area contributed by atoms with E-state index in [9.17, 15) is 0 Å². The highest BCUT2D eigenvalue weighted by molar-refractivity contribution is 4.82. The lowest BCUT2D eigenvalue weighted by Crippen LogP contribution is -2.51. The second kappa shape index (κ2) is 6.02. The van der Waals surface area contributed by atoms with Crippen molar-refractivity contribution >= 4 is 0 Å². The Morgan fingerprint density at radius 2 is 1.62 bits per heavy atom. The fraction of sp³-hybridized carbons (Fsp3) is 1.00. The molecule has 0 spiro atoms. The van der Waals surface area contributed by atoms with Crippen LogP contribution >= 0.6 is 0 Å². The standard InChI is InChI=1S/C14H28N2/c1-3-15-9-11-16(12-10-15)13(2)14-7-5-4-6-8-14/h13-14H,3-12H2,1-2H3. The molecule has 1 heterocycles. The van der Waals surface area contributed by atoms with Crippen LogP contribution in [0.1, 0.15) is 46.0 Å². The van der Waals surface area contributed by atoms with Gasteiger partial charge in [-0.1, -0.05) is 26.2 Å². The van der Waals surface area contributed by atoms with Crippen LogP contribution in [0.25, 0.3) is 0 Å². The van der Waals surface area contributed by atoms with Gasteiger partial charge < -0.3 is 4.90 Å². The molecule has 1 atom stereocenters. The number of hydrogen-bond acceptors (Lipinski definition) is 2. The van der Waals surface area contributed by atoms with Crippen molar-refractivity contribution in [3.63, 3.8) is 0 Å². The summed E-state index contributed by atoms with van der Waals surface area (Å²) in [5.74, 6) is 0.988. The van der Waals surface area contributed by atoms with E-state index < -0.39 is 0 Å². The van der Waals surface area contributed by atoms with Crippen LogP contribution in [0.5, 0.6) is 0 Å². The van der Waals surface area contributed by atoms with Gasteiger partial charge in [-0.3, -0.25) is 4.90 Å². The molecule has 0 aromatic rings. The summed E-state index contributed by atoms with van der Waals surface area (Å²) in [7, 11) is 0. The van der Waals surface area contributed by atoms with Gasteiger partial charge in [-0.15, -0.1) is 0 Å². The SMILES string of the molecule is CCN1CCN(C(C)C2CCCCC2)CC1. The normalized spacial score (nSPS) is 28.1. The highest BCUT2D eigenvalue weighted by atomic mass is 15.3. The number of rotatable bonds is 3. The lowest BCUT2D eigenvalue weighted by molar-refractivity contribution is 0.0690. The van der Waals surface area contributed by atoms with Gasteiger partial charge in [-0.25, -0.2) is 0 Å². The first kappa shape index (κ1) is 12.4. The molecule has 0 radical (unpaired) electrons. The minimum Gasteiger partial charge on any atom is -0.301 e. The average Bonchev–Trinajstić information content (AvgIpc) is 2.39. The van der Waals surface area contributed by atoms with Crippen molar-refractivity contribution in [1.82, 2.24) is 9.80 Å². The van der Waals surface area contributed by atoms with Crippen LogP contribution in [0, 0.1) is 5.92 Å². The summed E-state index contributed by atoms with van der Waals surface area (Å²) >= 11 is 0. The molecular weight excluding hydrogens is 196 g/mol. The Morgan fingerprint density at radius 1 is 1.00 bits per heavy atom. The third kappa shape index (κ3) is 2.98. The Balaban J connectivity index is 1.78. The summed E-state index contributed by atoms with van der Waals surface area (Å²) in [6, 6.07) is 0.833. The topological polar surface area (TPSA) is 6.48 Å². The third-order valence-corrected chi connectivity index (χ3v) is 4.76. The van der Waals surface area contributed by atoms with E-state index >= 15 is 0 Å². The molecule has 2 fully saturated rings. The van der Waals surface area contributed by atoms with Gasteiger partial charge in [0.05, 0.1) is 0 Å². The summed E-state index contributed by atoms with van der Waals surface area (Å²) in [5.41, 5.74) is 0. The fourth-order valence-electron chi connectivity index (χ4n) is 3.40. The molecule has 0 aromatic heterocycles. The second-order valence-electron chi connectivity index (χ2n) is 5.61. The van der Waals surface area contributed by atoms with Gasteiger partial charge >= 0.3 is 0 Å². The quantitative estimate of drug-likeness (QED) is 0.727. The maximum atomic E-state index is 2.74. The van der Waals surface area contributed by atoms with Crippen LogP contribution in [-0.2, 0) is 0 Å². The molecular formula is C14H28N2. The van der Waals surface area contributed by atoms with E-state index in [0.717, 1.165) is 12.0 Å². The monoisotopic (exact) mass is 224 g/mol. The highest BCUT2D eigenvalue weighted by Gasteiger charge is 2.27. The molecule has 0 amide bonds. The molecule has 1 aliphatic carbocycles. The van der Waals surface area contributed by atoms with Crippen molar-refractivity contribution in [2.24, 2.45) is 5.92 Å². The van der Waals surface area contributed by atoms with Gasteiger partial charge in [0.1, 0.15) is 0 Å². The van der Waals surface area contributed by atoms with Gasteiger partial charge in [0.15, 0.2) is 0 Å². The van der Waals surface area contributed by atoms with E-state index in [4.69, 9.17) is 0 Å². The Morgan fingerprint density at radius 3 is 2.19 bits per heavy atom. The summed E-state index contributed by atoms with van der Waals surface area (Å²) in [6.07, 6.45) is 7.39. The molecule has 0 N–H and O–H groups in total. The number of piperazine rings is 1. The van der Waals surface area contributed by atoms with Gasteiger partial charge in [0, 0.05) is 32.2 Å². The maximum Gasteiger partial charge on any atom is 0.0113 e. The van der Waals surface area contributed by atoms with Crippen LogP contribution in [0.3, 0.4) is 0 Å². The molecule has 2 aliphatic rings. The van der Waals surface area contributed by atoms with Gasteiger partial charge in [0.25, 0.3) is 0 Å². The number of nitrogens with zero attached hydrogens (tertiary/aromatic N) is 2. The van der Waals surface area contributed by atoms with Gasteiger partial charge in [-0.2, -0.15) is 0 Å². The van der Waals surface area contributed by atoms with Crippen molar-refractivity contribution in [2.75, 3.05) is 32.7 Å². The molecule has 1 saturated carbocycles. The van der Waals surface area contributed by atoms with Crippen LogP contribution < -0.4 is 0 Å². The average molecular weight is 224 g/mol. The van der Waals surface area contributed by atoms with Crippen molar-refractivity contribution in [3.8, 4) is 0 Å². The molecule has 1 unspecified atom stereocenters.